The average molecular weight is 437 g/mol. The molecule has 2 amide bonds. The molecule has 0 radical (unpaired) electrons. The Bertz CT molecular complexity index is 963. The van der Waals surface area contributed by atoms with Crippen molar-refractivity contribution < 1.29 is 23.9 Å². The van der Waals surface area contributed by atoms with Crippen LogP contribution in [0.2, 0.25) is 0 Å². The third kappa shape index (κ3) is 6.97. The van der Waals surface area contributed by atoms with E-state index in [4.69, 9.17) is 9.47 Å². The molecular formula is C25H28N2O5. The van der Waals surface area contributed by atoms with Crippen LogP contribution in [0.1, 0.15) is 48.5 Å². The number of rotatable bonds is 8. The van der Waals surface area contributed by atoms with Crippen molar-refractivity contribution in [3.8, 4) is 5.75 Å². The Labute approximate surface area is 187 Å². The fraction of sp³-hybridized carbons (Fsp3) is 0.320. The van der Waals surface area contributed by atoms with Crippen LogP contribution in [0, 0.1) is 5.92 Å². The van der Waals surface area contributed by atoms with Gasteiger partial charge in [-0.1, -0.05) is 37.1 Å². The molecule has 168 valence electrons. The predicted octanol–water partition coefficient (Wildman–Crippen LogP) is 4.84. The number of carbonyl (C=O) groups is 3. The first-order chi connectivity index (χ1) is 15.5. The van der Waals surface area contributed by atoms with Crippen LogP contribution in [-0.2, 0) is 16.1 Å². The maximum atomic E-state index is 12.6. The van der Waals surface area contributed by atoms with Gasteiger partial charge in [-0.2, -0.15) is 0 Å². The minimum atomic E-state index is -0.793. The standard InChI is InChI=1S/C25H28N2O5/c1-2-31-25(30)32-21-14-12-19(13-15-21)24(29)27-22-10-6-5-9-20(22)17-26-23(28)16-11-18-7-3-4-8-18/h5-6,9-16,18H,2-4,7-8,17H2,1H3,(H,26,28)(H,27,29)/b16-11+. The van der Waals surface area contributed by atoms with Crippen molar-refractivity contribution in [2.75, 3.05) is 11.9 Å². The van der Waals surface area contributed by atoms with Crippen LogP contribution < -0.4 is 15.4 Å². The molecule has 1 aliphatic carbocycles. The normalized spacial score (nSPS) is 13.7. The number of benzene rings is 2. The first-order valence-corrected chi connectivity index (χ1v) is 10.8. The van der Waals surface area contributed by atoms with Gasteiger partial charge in [-0.3, -0.25) is 9.59 Å². The summed E-state index contributed by atoms with van der Waals surface area (Å²) in [4.78, 5) is 36.2. The lowest BCUT2D eigenvalue weighted by Gasteiger charge is -2.12. The highest BCUT2D eigenvalue weighted by Gasteiger charge is 2.13. The zero-order valence-corrected chi connectivity index (χ0v) is 18.1. The third-order valence-electron chi connectivity index (χ3n) is 5.22. The molecule has 2 N–H and O–H groups in total. The van der Waals surface area contributed by atoms with E-state index in [1.54, 1.807) is 31.2 Å². The Kier molecular flexibility index (Phi) is 8.43. The molecule has 1 fully saturated rings. The second kappa shape index (κ2) is 11.7. The maximum absolute atomic E-state index is 12.6. The van der Waals surface area contributed by atoms with Crippen LogP contribution in [-0.4, -0.2) is 24.6 Å². The van der Waals surface area contributed by atoms with E-state index < -0.39 is 6.16 Å². The summed E-state index contributed by atoms with van der Waals surface area (Å²) in [5, 5.41) is 5.74. The van der Waals surface area contributed by atoms with Gasteiger partial charge in [0.05, 0.1) is 6.61 Å². The number of ether oxygens (including phenoxy) is 2. The molecule has 0 aromatic heterocycles. The summed E-state index contributed by atoms with van der Waals surface area (Å²) in [6.07, 6.45) is 7.56. The number of para-hydroxylation sites is 1. The Balaban J connectivity index is 1.56. The molecule has 0 spiro atoms. The van der Waals surface area contributed by atoms with Gasteiger partial charge in [0.1, 0.15) is 5.75 Å². The van der Waals surface area contributed by atoms with E-state index in [1.165, 1.54) is 25.0 Å². The summed E-state index contributed by atoms with van der Waals surface area (Å²) < 4.78 is 9.72. The summed E-state index contributed by atoms with van der Waals surface area (Å²) >= 11 is 0. The lowest BCUT2D eigenvalue weighted by molar-refractivity contribution is -0.116. The molecule has 0 bridgehead atoms. The molecule has 0 saturated heterocycles. The van der Waals surface area contributed by atoms with Crippen molar-refractivity contribution in [3.63, 3.8) is 0 Å². The SMILES string of the molecule is CCOC(=O)Oc1ccc(C(=O)Nc2ccccc2CNC(=O)/C=C/C2CCCC2)cc1. The van der Waals surface area contributed by atoms with Gasteiger partial charge in [-0.25, -0.2) is 4.79 Å². The molecular weight excluding hydrogens is 408 g/mol. The first-order valence-electron chi connectivity index (χ1n) is 10.8. The van der Waals surface area contributed by atoms with Gasteiger partial charge in [0.25, 0.3) is 5.91 Å². The first kappa shape index (κ1) is 23.1. The van der Waals surface area contributed by atoms with Gasteiger partial charge in [0.2, 0.25) is 5.91 Å². The van der Waals surface area contributed by atoms with Crippen molar-refractivity contribution >= 4 is 23.7 Å². The summed E-state index contributed by atoms with van der Waals surface area (Å²) in [5.74, 6) is 0.331. The quantitative estimate of drug-likeness (QED) is 0.351. The van der Waals surface area contributed by atoms with Crippen LogP contribution >= 0.6 is 0 Å². The highest BCUT2D eigenvalue weighted by atomic mass is 16.7. The molecule has 7 heteroatoms. The lowest BCUT2D eigenvalue weighted by atomic mass is 10.1. The molecule has 32 heavy (non-hydrogen) atoms. The van der Waals surface area contributed by atoms with Crippen LogP contribution in [0.4, 0.5) is 10.5 Å². The topological polar surface area (TPSA) is 93.7 Å². The van der Waals surface area contributed by atoms with E-state index in [0.717, 1.165) is 18.4 Å². The largest absolute Gasteiger partial charge is 0.513 e. The molecule has 7 nitrogen and oxygen atoms in total. The zero-order chi connectivity index (χ0) is 22.8. The van der Waals surface area contributed by atoms with Crippen LogP contribution in [0.15, 0.2) is 60.7 Å². The van der Waals surface area contributed by atoms with Crippen LogP contribution in [0.3, 0.4) is 0 Å². The number of carbonyl (C=O) groups excluding carboxylic acids is 3. The number of nitrogens with one attached hydrogen (secondary N) is 2. The molecule has 1 aliphatic rings. The number of amides is 2. The summed E-state index contributed by atoms with van der Waals surface area (Å²) in [5.41, 5.74) is 1.81. The Morgan fingerprint density at radius 3 is 2.47 bits per heavy atom. The summed E-state index contributed by atoms with van der Waals surface area (Å²) in [6.45, 7) is 2.21. The van der Waals surface area contributed by atoms with Crippen LogP contribution in [0.25, 0.3) is 0 Å². The number of anilines is 1. The van der Waals surface area contributed by atoms with Gasteiger partial charge in [0.15, 0.2) is 0 Å². The van der Waals surface area contributed by atoms with Gasteiger partial charge < -0.3 is 20.1 Å². The third-order valence-corrected chi connectivity index (χ3v) is 5.22. The fourth-order valence-corrected chi connectivity index (χ4v) is 3.52. The second-order valence-corrected chi connectivity index (χ2v) is 7.54. The number of hydrogen-bond donors (Lipinski definition) is 2. The highest BCUT2D eigenvalue weighted by molar-refractivity contribution is 6.04. The monoisotopic (exact) mass is 436 g/mol. The second-order valence-electron chi connectivity index (χ2n) is 7.54. The van der Waals surface area contributed by atoms with E-state index in [1.807, 2.05) is 24.3 Å². The molecule has 0 aliphatic heterocycles. The summed E-state index contributed by atoms with van der Waals surface area (Å²) in [7, 11) is 0. The van der Waals surface area contributed by atoms with Crippen molar-refractivity contribution in [3.05, 3.63) is 71.8 Å². The maximum Gasteiger partial charge on any atom is 0.513 e. The van der Waals surface area contributed by atoms with E-state index in [0.29, 0.717) is 23.7 Å². The smallest absolute Gasteiger partial charge is 0.434 e. The van der Waals surface area contributed by atoms with E-state index in [9.17, 15) is 14.4 Å². The fourth-order valence-electron chi connectivity index (χ4n) is 3.52. The lowest BCUT2D eigenvalue weighted by Crippen LogP contribution is -2.22. The van der Waals surface area contributed by atoms with Crippen molar-refractivity contribution in [2.24, 2.45) is 5.92 Å². The molecule has 0 unspecified atom stereocenters. The Morgan fingerprint density at radius 1 is 1.03 bits per heavy atom. The van der Waals surface area contributed by atoms with Gasteiger partial charge in [-0.05, 0) is 67.7 Å². The zero-order valence-electron chi connectivity index (χ0n) is 18.1. The van der Waals surface area contributed by atoms with Crippen molar-refractivity contribution in [2.45, 2.75) is 39.2 Å². The highest BCUT2D eigenvalue weighted by Crippen LogP contribution is 2.25. The average Bonchev–Trinajstić information content (AvgIpc) is 3.31. The molecule has 1 saturated carbocycles. The Morgan fingerprint density at radius 2 is 1.75 bits per heavy atom. The van der Waals surface area contributed by atoms with Gasteiger partial charge >= 0.3 is 6.16 Å². The molecule has 0 heterocycles. The molecule has 2 aromatic carbocycles. The van der Waals surface area contributed by atoms with E-state index >= 15 is 0 Å². The minimum absolute atomic E-state index is 0.143. The van der Waals surface area contributed by atoms with E-state index in [2.05, 4.69) is 10.6 Å². The van der Waals surface area contributed by atoms with Crippen molar-refractivity contribution in [1.82, 2.24) is 5.32 Å². The number of hydrogen-bond acceptors (Lipinski definition) is 5. The van der Waals surface area contributed by atoms with Gasteiger partial charge in [-0.15, -0.1) is 0 Å². The van der Waals surface area contributed by atoms with E-state index in [-0.39, 0.29) is 24.2 Å². The number of allylic oxidation sites excluding steroid dienone is 1. The van der Waals surface area contributed by atoms with Crippen LogP contribution in [0.5, 0.6) is 5.75 Å². The predicted molar refractivity (Wildman–Crippen MR) is 121 cm³/mol. The molecule has 3 rings (SSSR count). The Hall–Kier alpha value is -3.61. The molecule has 0 atom stereocenters. The summed E-state index contributed by atoms with van der Waals surface area (Å²) in [6, 6.07) is 13.5. The molecule has 2 aromatic rings. The van der Waals surface area contributed by atoms with Gasteiger partial charge in [0, 0.05) is 17.8 Å². The minimum Gasteiger partial charge on any atom is -0.434 e. The van der Waals surface area contributed by atoms with Crippen molar-refractivity contribution in [1.29, 1.82) is 0 Å².